The molecule has 40 heavy (non-hydrogen) atoms. The number of aromatic nitrogens is 2. The first-order valence-corrected chi connectivity index (χ1v) is 13.2. The number of carbonyl (C=O) groups is 1. The smallest absolute Gasteiger partial charge is 0.373 e. The highest BCUT2D eigenvalue weighted by atomic mass is 19.4. The molecule has 1 heterocycles. The van der Waals surface area contributed by atoms with Crippen molar-refractivity contribution in [3.63, 3.8) is 0 Å². The molecule has 3 unspecified atom stereocenters. The van der Waals surface area contributed by atoms with Crippen molar-refractivity contribution < 1.29 is 27.1 Å². The van der Waals surface area contributed by atoms with Crippen LogP contribution in [0, 0.1) is 17.8 Å². The van der Waals surface area contributed by atoms with Crippen molar-refractivity contribution in [1.29, 1.82) is 0 Å². The van der Waals surface area contributed by atoms with Crippen molar-refractivity contribution in [3.05, 3.63) is 107 Å². The average molecular weight is 555 g/mol. The van der Waals surface area contributed by atoms with Gasteiger partial charge in [0.2, 0.25) is 0 Å². The van der Waals surface area contributed by atoms with Gasteiger partial charge in [0.1, 0.15) is 11.5 Å². The highest BCUT2D eigenvalue weighted by molar-refractivity contribution is 5.95. The van der Waals surface area contributed by atoms with Crippen molar-refractivity contribution in [2.75, 3.05) is 6.61 Å². The first kappa shape index (κ1) is 27.8. The fraction of sp³-hybridized carbons (Fsp3) is 0.333. The number of alkyl halides is 3. The van der Waals surface area contributed by atoms with Crippen LogP contribution in [-0.4, -0.2) is 22.3 Å². The van der Waals surface area contributed by atoms with Gasteiger partial charge < -0.3 is 15.8 Å². The van der Waals surface area contributed by atoms with E-state index < -0.39 is 35.4 Å². The number of halogens is 4. The van der Waals surface area contributed by atoms with Gasteiger partial charge in [-0.1, -0.05) is 55.5 Å². The number of nitrogens with two attached hydrogens (primary N) is 1. The zero-order chi connectivity index (χ0) is 28.4. The van der Waals surface area contributed by atoms with Gasteiger partial charge in [0, 0.05) is 18.5 Å². The van der Waals surface area contributed by atoms with Gasteiger partial charge in [0.15, 0.2) is 5.69 Å². The number of benzene rings is 2. The minimum Gasteiger partial charge on any atom is -0.373 e. The SMILES string of the molecule is CC1C=C(F)C(NC(=O)c2cc(C(F)(F)F)nn2-c2cccc(CN)c2)=CC1C(OCC1CC1)c1ccccc1. The molecule has 0 saturated heterocycles. The Kier molecular flexibility index (Phi) is 7.91. The molecular weight excluding hydrogens is 524 g/mol. The van der Waals surface area contributed by atoms with Crippen LogP contribution in [0.15, 0.2) is 84.3 Å². The van der Waals surface area contributed by atoms with Crippen LogP contribution in [0.2, 0.25) is 0 Å². The van der Waals surface area contributed by atoms with Gasteiger partial charge in [-0.05, 0) is 54.0 Å². The van der Waals surface area contributed by atoms with E-state index in [1.165, 1.54) is 12.1 Å². The van der Waals surface area contributed by atoms with Crippen LogP contribution in [-0.2, 0) is 17.5 Å². The van der Waals surface area contributed by atoms with Crippen LogP contribution in [0.1, 0.15) is 53.2 Å². The highest BCUT2D eigenvalue weighted by Crippen LogP contribution is 2.40. The van der Waals surface area contributed by atoms with Gasteiger partial charge >= 0.3 is 6.18 Å². The second kappa shape index (κ2) is 11.4. The minimum absolute atomic E-state index is 0.124. The molecule has 2 aromatic carbocycles. The molecule has 3 N–H and O–H groups in total. The summed E-state index contributed by atoms with van der Waals surface area (Å²) in [7, 11) is 0. The molecule has 5 rings (SSSR count). The molecule has 2 aliphatic rings. The second-order valence-electron chi connectivity index (χ2n) is 10.3. The first-order chi connectivity index (χ1) is 19.1. The van der Waals surface area contributed by atoms with Crippen LogP contribution in [0.3, 0.4) is 0 Å². The summed E-state index contributed by atoms with van der Waals surface area (Å²) in [5.74, 6) is -1.68. The molecule has 1 fully saturated rings. The topological polar surface area (TPSA) is 82.2 Å². The van der Waals surface area contributed by atoms with Crippen LogP contribution in [0.4, 0.5) is 17.6 Å². The molecule has 1 aromatic heterocycles. The molecular formula is C30H30F4N4O2. The Morgan fingerprint density at radius 1 is 1.12 bits per heavy atom. The van der Waals surface area contributed by atoms with Crippen molar-refractivity contribution in [2.24, 2.45) is 23.5 Å². The lowest BCUT2D eigenvalue weighted by Gasteiger charge is -2.32. The van der Waals surface area contributed by atoms with E-state index in [4.69, 9.17) is 10.5 Å². The molecule has 0 aliphatic heterocycles. The number of rotatable bonds is 9. The predicted octanol–water partition coefficient (Wildman–Crippen LogP) is 6.25. The number of carbonyl (C=O) groups excluding carboxylic acids is 1. The lowest BCUT2D eigenvalue weighted by atomic mass is 9.81. The Morgan fingerprint density at radius 3 is 2.55 bits per heavy atom. The number of nitrogens with one attached hydrogen (secondary N) is 1. The molecule has 0 bridgehead atoms. The second-order valence-corrected chi connectivity index (χ2v) is 10.3. The standard InChI is InChI=1S/C30H30F4N4O2/c1-18-12-24(31)25(14-23(18)28(40-17-19-10-11-19)21-7-3-2-4-8-21)36-29(39)26-15-27(30(32,33)34)37-38(26)22-9-5-6-20(13-22)16-35/h2-9,12-15,18-19,23,28H,10-11,16-17,35H2,1H3,(H,36,39). The van der Waals surface area contributed by atoms with Gasteiger partial charge in [-0.3, -0.25) is 4.79 Å². The minimum atomic E-state index is -4.79. The zero-order valence-corrected chi connectivity index (χ0v) is 21.9. The summed E-state index contributed by atoms with van der Waals surface area (Å²) in [6.45, 7) is 2.59. The Balaban J connectivity index is 1.47. The van der Waals surface area contributed by atoms with Gasteiger partial charge in [0.25, 0.3) is 5.91 Å². The Hall–Kier alpha value is -3.76. The van der Waals surface area contributed by atoms with E-state index in [0.29, 0.717) is 24.2 Å². The number of amides is 1. The first-order valence-electron chi connectivity index (χ1n) is 13.2. The predicted molar refractivity (Wildman–Crippen MR) is 142 cm³/mol. The number of hydrogen-bond donors (Lipinski definition) is 2. The lowest BCUT2D eigenvalue weighted by Crippen LogP contribution is -2.30. The molecule has 6 nitrogen and oxygen atoms in total. The maximum Gasteiger partial charge on any atom is 0.435 e. The number of ether oxygens (including phenoxy) is 1. The normalized spacial score (nSPS) is 20.1. The van der Waals surface area contributed by atoms with E-state index >= 15 is 4.39 Å². The van der Waals surface area contributed by atoms with E-state index in [0.717, 1.165) is 23.1 Å². The maximum atomic E-state index is 15.2. The van der Waals surface area contributed by atoms with E-state index in [1.54, 1.807) is 24.3 Å². The maximum absolute atomic E-state index is 15.2. The van der Waals surface area contributed by atoms with Gasteiger partial charge in [-0.2, -0.15) is 18.3 Å². The molecule has 10 heteroatoms. The highest BCUT2D eigenvalue weighted by Gasteiger charge is 2.37. The summed E-state index contributed by atoms with van der Waals surface area (Å²) in [5, 5.41) is 6.14. The number of nitrogens with zero attached hydrogens (tertiary/aromatic N) is 2. The van der Waals surface area contributed by atoms with Crippen LogP contribution < -0.4 is 11.1 Å². The largest absolute Gasteiger partial charge is 0.435 e. The van der Waals surface area contributed by atoms with Crippen LogP contribution in [0.5, 0.6) is 0 Å². The van der Waals surface area contributed by atoms with Crippen molar-refractivity contribution >= 4 is 5.91 Å². The Morgan fingerprint density at radius 2 is 1.88 bits per heavy atom. The monoisotopic (exact) mass is 554 g/mol. The van der Waals surface area contributed by atoms with E-state index in [1.807, 2.05) is 37.3 Å². The fourth-order valence-corrected chi connectivity index (χ4v) is 4.80. The summed E-state index contributed by atoms with van der Waals surface area (Å²) >= 11 is 0. The summed E-state index contributed by atoms with van der Waals surface area (Å²) in [6.07, 6.45) is 0.0330. The quantitative estimate of drug-likeness (QED) is 0.307. The lowest BCUT2D eigenvalue weighted by molar-refractivity contribution is -0.141. The number of hydrogen-bond acceptors (Lipinski definition) is 4. The van der Waals surface area contributed by atoms with Crippen LogP contribution >= 0.6 is 0 Å². The summed E-state index contributed by atoms with van der Waals surface area (Å²) in [4.78, 5) is 13.4. The van der Waals surface area contributed by atoms with E-state index in [-0.39, 0.29) is 29.8 Å². The summed E-state index contributed by atoms with van der Waals surface area (Å²) in [6, 6.07) is 16.6. The number of allylic oxidation sites excluding steroid dienone is 2. The Bertz CT molecular complexity index is 1430. The van der Waals surface area contributed by atoms with E-state index in [9.17, 15) is 18.0 Å². The van der Waals surface area contributed by atoms with Crippen molar-refractivity contribution in [3.8, 4) is 5.69 Å². The molecule has 210 valence electrons. The average Bonchev–Trinajstić information content (AvgIpc) is 3.64. The third-order valence-corrected chi connectivity index (χ3v) is 7.19. The molecule has 3 aromatic rings. The third kappa shape index (κ3) is 6.18. The summed E-state index contributed by atoms with van der Waals surface area (Å²) in [5.41, 5.74) is 5.72. The van der Waals surface area contributed by atoms with Crippen molar-refractivity contribution in [1.82, 2.24) is 15.1 Å². The molecule has 1 amide bonds. The Labute approximate surface area is 229 Å². The van der Waals surface area contributed by atoms with E-state index in [2.05, 4.69) is 10.4 Å². The molecule has 1 saturated carbocycles. The van der Waals surface area contributed by atoms with Gasteiger partial charge in [0.05, 0.1) is 24.1 Å². The molecule has 3 atom stereocenters. The fourth-order valence-electron chi connectivity index (χ4n) is 4.80. The third-order valence-electron chi connectivity index (χ3n) is 7.19. The molecule has 0 radical (unpaired) electrons. The molecule has 0 spiro atoms. The van der Waals surface area contributed by atoms with Crippen molar-refractivity contribution in [2.45, 2.75) is 38.6 Å². The van der Waals surface area contributed by atoms with Gasteiger partial charge in [-0.25, -0.2) is 9.07 Å². The van der Waals surface area contributed by atoms with Gasteiger partial charge in [-0.15, -0.1) is 0 Å². The zero-order valence-electron chi connectivity index (χ0n) is 21.9. The van der Waals surface area contributed by atoms with Crippen LogP contribution in [0.25, 0.3) is 5.69 Å². The summed E-state index contributed by atoms with van der Waals surface area (Å²) < 4.78 is 63.1. The molecule has 2 aliphatic carbocycles.